The SMILES string of the molecule is CC(C)C(C)NC(=O)CN1CCCC1c1ccc(F)cc1. The summed E-state index contributed by atoms with van der Waals surface area (Å²) in [6, 6.07) is 7.05. The maximum absolute atomic E-state index is 13.0. The van der Waals surface area contributed by atoms with Crippen molar-refractivity contribution in [1.29, 1.82) is 0 Å². The molecule has 0 aromatic heterocycles. The molecule has 0 saturated carbocycles. The van der Waals surface area contributed by atoms with E-state index in [4.69, 9.17) is 0 Å². The van der Waals surface area contributed by atoms with Gasteiger partial charge >= 0.3 is 0 Å². The molecule has 2 rings (SSSR count). The van der Waals surface area contributed by atoms with Crippen molar-refractivity contribution < 1.29 is 9.18 Å². The van der Waals surface area contributed by atoms with Gasteiger partial charge in [0.2, 0.25) is 5.91 Å². The van der Waals surface area contributed by atoms with Crippen molar-refractivity contribution in [3.05, 3.63) is 35.6 Å². The fraction of sp³-hybridized carbons (Fsp3) is 0.588. The van der Waals surface area contributed by atoms with Crippen LogP contribution in [0.4, 0.5) is 4.39 Å². The van der Waals surface area contributed by atoms with Gasteiger partial charge in [0.15, 0.2) is 0 Å². The maximum atomic E-state index is 13.0. The number of hydrogen-bond acceptors (Lipinski definition) is 2. The molecule has 1 fully saturated rings. The van der Waals surface area contributed by atoms with Crippen molar-refractivity contribution in [2.45, 2.75) is 45.7 Å². The lowest BCUT2D eigenvalue weighted by atomic mass is 10.0. The Hall–Kier alpha value is -1.42. The number of carbonyl (C=O) groups excluding carboxylic acids is 1. The number of rotatable bonds is 5. The Labute approximate surface area is 126 Å². The van der Waals surface area contributed by atoms with Gasteiger partial charge in [-0.3, -0.25) is 9.69 Å². The predicted molar refractivity (Wildman–Crippen MR) is 82.4 cm³/mol. The highest BCUT2D eigenvalue weighted by atomic mass is 19.1. The van der Waals surface area contributed by atoms with E-state index < -0.39 is 0 Å². The van der Waals surface area contributed by atoms with Crippen LogP contribution in [0.2, 0.25) is 0 Å². The Balaban J connectivity index is 1.96. The third-order valence-electron chi connectivity index (χ3n) is 4.35. The molecular formula is C17H25FN2O. The molecule has 21 heavy (non-hydrogen) atoms. The molecular weight excluding hydrogens is 267 g/mol. The molecule has 0 spiro atoms. The van der Waals surface area contributed by atoms with E-state index in [-0.39, 0.29) is 23.8 Å². The normalized spacial score (nSPS) is 20.7. The van der Waals surface area contributed by atoms with Gasteiger partial charge in [-0.15, -0.1) is 0 Å². The second kappa shape index (κ2) is 7.03. The van der Waals surface area contributed by atoms with Gasteiger partial charge < -0.3 is 5.32 Å². The lowest BCUT2D eigenvalue weighted by molar-refractivity contribution is -0.123. The first-order valence-electron chi connectivity index (χ1n) is 7.76. The molecule has 4 heteroatoms. The summed E-state index contributed by atoms with van der Waals surface area (Å²) < 4.78 is 13.0. The van der Waals surface area contributed by atoms with E-state index in [1.807, 2.05) is 19.1 Å². The van der Waals surface area contributed by atoms with Gasteiger partial charge in [-0.05, 0) is 49.9 Å². The molecule has 3 nitrogen and oxygen atoms in total. The Morgan fingerprint density at radius 3 is 2.62 bits per heavy atom. The third-order valence-corrected chi connectivity index (χ3v) is 4.35. The summed E-state index contributed by atoms with van der Waals surface area (Å²) in [6.45, 7) is 7.57. The maximum Gasteiger partial charge on any atom is 0.234 e. The molecule has 0 aliphatic carbocycles. The smallest absolute Gasteiger partial charge is 0.234 e. The second-order valence-electron chi connectivity index (χ2n) is 6.28. The second-order valence-corrected chi connectivity index (χ2v) is 6.28. The van der Waals surface area contributed by atoms with Gasteiger partial charge in [-0.2, -0.15) is 0 Å². The Morgan fingerprint density at radius 2 is 2.00 bits per heavy atom. The van der Waals surface area contributed by atoms with Gasteiger partial charge in [-0.25, -0.2) is 4.39 Å². The number of halogens is 1. The zero-order chi connectivity index (χ0) is 15.4. The van der Waals surface area contributed by atoms with E-state index in [9.17, 15) is 9.18 Å². The van der Waals surface area contributed by atoms with Crippen LogP contribution in [0.1, 0.15) is 45.2 Å². The van der Waals surface area contributed by atoms with Gasteiger partial charge in [0.1, 0.15) is 5.82 Å². The average molecular weight is 292 g/mol. The number of carbonyl (C=O) groups is 1. The van der Waals surface area contributed by atoms with E-state index in [2.05, 4.69) is 24.1 Å². The van der Waals surface area contributed by atoms with Crippen LogP contribution in [-0.4, -0.2) is 29.9 Å². The highest BCUT2D eigenvalue weighted by Gasteiger charge is 2.27. The summed E-state index contributed by atoms with van der Waals surface area (Å²) in [5.74, 6) is 0.289. The van der Waals surface area contributed by atoms with Gasteiger partial charge in [-0.1, -0.05) is 26.0 Å². The minimum atomic E-state index is -0.216. The largest absolute Gasteiger partial charge is 0.352 e. The lowest BCUT2D eigenvalue weighted by Gasteiger charge is -2.26. The predicted octanol–water partition coefficient (Wildman–Crippen LogP) is 3.12. The van der Waals surface area contributed by atoms with Crippen molar-refractivity contribution in [1.82, 2.24) is 10.2 Å². The fourth-order valence-corrected chi connectivity index (χ4v) is 2.73. The summed E-state index contributed by atoms with van der Waals surface area (Å²) in [6.07, 6.45) is 2.10. The fourth-order valence-electron chi connectivity index (χ4n) is 2.73. The average Bonchev–Trinajstić information content (AvgIpc) is 2.87. The molecule has 1 aromatic carbocycles. The Kier molecular flexibility index (Phi) is 5.34. The highest BCUT2D eigenvalue weighted by molar-refractivity contribution is 5.78. The van der Waals surface area contributed by atoms with E-state index in [0.717, 1.165) is 24.9 Å². The van der Waals surface area contributed by atoms with Crippen LogP contribution < -0.4 is 5.32 Å². The number of likely N-dealkylation sites (tertiary alicyclic amines) is 1. The first kappa shape index (κ1) is 16.0. The number of benzene rings is 1. The third kappa shape index (κ3) is 4.27. The van der Waals surface area contributed by atoms with Crippen molar-refractivity contribution >= 4 is 5.91 Å². The topological polar surface area (TPSA) is 32.3 Å². The number of hydrogen-bond donors (Lipinski definition) is 1. The molecule has 2 atom stereocenters. The van der Waals surface area contributed by atoms with Crippen molar-refractivity contribution in [3.8, 4) is 0 Å². The monoisotopic (exact) mass is 292 g/mol. The number of nitrogens with one attached hydrogen (secondary N) is 1. The van der Waals surface area contributed by atoms with Crippen LogP contribution in [0.15, 0.2) is 24.3 Å². The van der Waals surface area contributed by atoms with Crippen LogP contribution in [0.5, 0.6) is 0 Å². The van der Waals surface area contributed by atoms with Crippen LogP contribution >= 0.6 is 0 Å². The first-order valence-corrected chi connectivity index (χ1v) is 7.76. The molecule has 2 unspecified atom stereocenters. The highest BCUT2D eigenvalue weighted by Crippen LogP contribution is 2.31. The molecule has 0 bridgehead atoms. The minimum Gasteiger partial charge on any atom is -0.352 e. The summed E-state index contributed by atoms with van der Waals surface area (Å²) in [4.78, 5) is 14.3. The van der Waals surface area contributed by atoms with E-state index in [1.165, 1.54) is 12.1 Å². The van der Waals surface area contributed by atoms with Crippen LogP contribution in [0.3, 0.4) is 0 Å². The molecule has 1 heterocycles. The van der Waals surface area contributed by atoms with Crippen molar-refractivity contribution in [2.75, 3.05) is 13.1 Å². The molecule has 1 aromatic rings. The summed E-state index contributed by atoms with van der Waals surface area (Å²) in [7, 11) is 0. The molecule has 1 N–H and O–H groups in total. The number of nitrogens with zero attached hydrogens (tertiary/aromatic N) is 1. The van der Waals surface area contributed by atoms with Crippen LogP contribution in [0, 0.1) is 11.7 Å². The summed E-state index contributed by atoms with van der Waals surface area (Å²) in [5, 5.41) is 3.05. The molecule has 1 saturated heterocycles. The quantitative estimate of drug-likeness (QED) is 0.904. The molecule has 116 valence electrons. The van der Waals surface area contributed by atoms with Crippen LogP contribution in [0.25, 0.3) is 0 Å². The standard InChI is InChI=1S/C17H25FN2O/c1-12(2)13(3)19-17(21)11-20-10-4-5-16(20)14-6-8-15(18)9-7-14/h6-9,12-13,16H,4-5,10-11H2,1-3H3,(H,19,21). The van der Waals surface area contributed by atoms with Gasteiger partial charge in [0, 0.05) is 12.1 Å². The zero-order valence-electron chi connectivity index (χ0n) is 13.1. The van der Waals surface area contributed by atoms with Crippen molar-refractivity contribution in [2.24, 2.45) is 5.92 Å². The van der Waals surface area contributed by atoms with Crippen molar-refractivity contribution in [3.63, 3.8) is 0 Å². The Bertz CT molecular complexity index is 472. The van der Waals surface area contributed by atoms with Gasteiger partial charge in [0.05, 0.1) is 6.54 Å². The first-order chi connectivity index (χ1) is 9.97. The van der Waals surface area contributed by atoms with E-state index in [1.54, 1.807) is 0 Å². The molecule has 1 aliphatic heterocycles. The lowest BCUT2D eigenvalue weighted by Crippen LogP contribution is -2.42. The molecule has 1 amide bonds. The summed E-state index contributed by atoms with van der Waals surface area (Å²) in [5.41, 5.74) is 1.10. The van der Waals surface area contributed by atoms with E-state index in [0.29, 0.717) is 12.5 Å². The van der Waals surface area contributed by atoms with Crippen LogP contribution in [-0.2, 0) is 4.79 Å². The number of amides is 1. The minimum absolute atomic E-state index is 0.0743. The zero-order valence-corrected chi connectivity index (χ0v) is 13.1. The van der Waals surface area contributed by atoms with E-state index >= 15 is 0 Å². The Morgan fingerprint density at radius 1 is 1.33 bits per heavy atom. The summed E-state index contributed by atoms with van der Waals surface area (Å²) >= 11 is 0. The molecule has 1 aliphatic rings. The van der Waals surface area contributed by atoms with Gasteiger partial charge in [0.25, 0.3) is 0 Å². The molecule has 0 radical (unpaired) electrons.